The third kappa shape index (κ3) is 5.59. The van der Waals surface area contributed by atoms with E-state index < -0.39 is 5.41 Å². The lowest BCUT2D eigenvalue weighted by Crippen LogP contribution is -2.29. The third-order valence-corrected chi connectivity index (χ3v) is 12.6. The summed E-state index contributed by atoms with van der Waals surface area (Å²) >= 11 is 0. The van der Waals surface area contributed by atoms with Crippen LogP contribution in [-0.4, -0.2) is 9.97 Å². The fraction of sp³-hybridized carbons (Fsp3) is 0.0169. The van der Waals surface area contributed by atoms with Gasteiger partial charge in [0.2, 0.25) is 0 Å². The van der Waals surface area contributed by atoms with Crippen LogP contribution < -0.4 is 0 Å². The maximum atomic E-state index is 6.67. The minimum Gasteiger partial charge on any atom is -0.455 e. The van der Waals surface area contributed by atoms with E-state index in [1.54, 1.807) is 0 Å². The Morgan fingerprint density at radius 3 is 1.58 bits per heavy atom. The highest BCUT2D eigenvalue weighted by atomic mass is 16.3. The van der Waals surface area contributed by atoms with Gasteiger partial charge in [0.1, 0.15) is 11.2 Å². The molecular formula is C59H38N2O. The molecule has 3 heteroatoms. The van der Waals surface area contributed by atoms with Crippen molar-refractivity contribution in [3.05, 3.63) is 253 Å². The van der Waals surface area contributed by atoms with Crippen molar-refractivity contribution in [2.24, 2.45) is 0 Å². The topological polar surface area (TPSA) is 38.9 Å². The average molecular weight is 791 g/mol. The largest absolute Gasteiger partial charge is 0.455 e. The van der Waals surface area contributed by atoms with Gasteiger partial charge in [-0.05, 0) is 73.8 Å². The second-order valence-electron chi connectivity index (χ2n) is 16.0. The molecule has 2 aromatic heterocycles. The van der Waals surface area contributed by atoms with Crippen LogP contribution in [0, 0.1) is 0 Å². The number of benzene rings is 9. The van der Waals surface area contributed by atoms with Crippen LogP contribution in [0.15, 0.2) is 235 Å². The summed E-state index contributed by atoms with van der Waals surface area (Å²) in [6, 6.07) is 82.1. The standard InChI is InChI=1S/C59H38N2O/c1-4-18-39(19-5-1)40-34-36-41(37-35-40)44-24-10-11-26-46(44)53-38-54(50-30-17-29-49-47-27-13-15-33-55(47)62-57(49)50)61-58(60-53)51-31-16-28-48-45-25-12-14-32-52(45)59(56(48)51,42-20-6-2-7-21-42)43-22-8-3-9-23-43/h1-38H. The Hall–Kier alpha value is -8.14. The summed E-state index contributed by atoms with van der Waals surface area (Å²) in [5, 5.41) is 2.14. The first-order valence-electron chi connectivity index (χ1n) is 21.2. The lowest BCUT2D eigenvalue weighted by molar-refractivity contribution is 0.670. The number of para-hydroxylation sites is 2. The molecule has 1 aliphatic carbocycles. The molecule has 2 heterocycles. The van der Waals surface area contributed by atoms with E-state index >= 15 is 0 Å². The van der Waals surface area contributed by atoms with E-state index in [-0.39, 0.29) is 0 Å². The second-order valence-corrected chi connectivity index (χ2v) is 16.0. The summed E-state index contributed by atoms with van der Waals surface area (Å²) in [6.07, 6.45) is 0. The molecule has 1 aliphatic rings. The van der Waals surface area contributed by atoms with Crippen molar-refractivity contribution in [3.8, 4) is 67.3 Å². The van der Waals surface area contributed by atoms with Gasteiger partial charge in [-0.15, -0.1) is 0 Å². The molecule has 12 rings (SSSR count). The number of furan rings is 1. The van der Waals surface area contributed by atoms with Crippen LogP contribution in [0.4, 0.5) is 0 Å². The summed E-state index contributed by atoms with van der Waals surface area (Å²) in [4.78, 5) is 11.2. The molecule has 0 aliphatic heterocycles. The normalized spacial score (nSPS) is 12.6. The quantitative estimate of drug-likeness (QED) is 0.161. The van der Waals surface area contributed by atoms with Gasteiger partial charge in [-0.1, -0.05) is 212 Å². The molecule has 0 saturated carbocycles. The van der Waals surface area contributed by atoms with E-state index in [0.29, 0.717) is 5.82 Å². The molecule has 0 amide bonds. The van der Waals surface area contributed by atoms with Crippen molar-refractivity contribution < 1.29 is 4.42 Å². The highest BCUT2D eigenvalue weighted by Crippen LogP contribution is 2.58. The van der Waals surface area contributed by atoms with Crippen molar-refractivity contribution in [3.63, 3.8) is 0 Å². The smallest absolute Gasteiger partial charge is 0.160 e. The maximum absolute atomic E-state index is 6.67. The van der Waals surface area contributed by atoms with Crippen LogP contribution >= 0.6 is 0 Å². The van der Waals surface area contributed by atoms with Crippen molar-refractivity contribution in [1.29, 1.82) is 0 Å². The molecule has 0 bridgehead atoms. The number of fused-ring (bicyclic) bond motifs is 6. The van der Waals surface area contributed by atoms with Crippen molar-refractivity contribution in [2.45, 2.75) is 5.41 Å². The number of rotatable bonds is 7. The van der Waals surface area contributed by atoms with E-state index in [9.17, 15) is 0 Å². The predicted molar refractivity (Wildman–Crippen MR) is 254 cm³/mol. The summed E-state index contributed by atoms with van der Waals surface area (Å²) in [7, 11) is 0. The van der Waals surface area contributed by atoms with Gasteiger partial charge in [-0.25, -0.2) is 9.97 Å². The van der Waals surface area contributed by atoms with Crippen LogP contribution in [0.1, 0.15) is 22.3 Å². The molecule has 290 valence electrons. The highest BCUT2D eigenvalue weighted by Gasteiger charge is 2.47. The SMILES string of the molecule is c1ccc(-c2ccc(-c3ccccc3-c3cc(-c4cccc5c4oc4ccccc45)nc(-c4cccc5c4C(c4ccccc4)(c4ccccc4)c4ccccc4-5)n3)cc2)cc1. The Balaban J connectivity index is 1.14. The van der Waals surface area contributed by atoms with Gasteiger partial charge in [-0.3, -0.25) is 0 Å². The summed E-state index contributed by atoms with van der Waals surface area (Å²) in [5.41, 5.74) is 17.3. The van der Waals surface area contributed by atoms with Crippen molar-refractivity contribution >= 4 is 21.9 Å². The van der Waals surface area contributed by atoms with Gasteiger partial charge >= 0.3 is 0 Å². The molecule has 62 heavy (non-hydrogen) atoms. The predicted octanol–water partition coefficient (Wildman–Crippen LogP) is 15.1. The number of hydrogen-bond acceptors (Lipinski definition) is 3. The molecule has 0 spiro atoms. The van der Waals surface area contributed by atoms with E-state index in [4.69, 9.17) is 14.4 Å². The molecular weight excluding hydrogens is 753 g/mol. The number of hydrogen-bond donors (Lipinski definition) is 0. The van der Waals surface area contributed by atoms with Crippen LogP contribution in [0.2, 0.25) is 0 Å². The number of nitrogens with zero attached hydrogens (tertiary/aromatic N) is 2. The second kappa shape index (κ2) is 14.5. The third-order valence-electron chi connectivity index (χ3n) is 12.6. The van der Waals surface area contributed by atoms with Crippen LogP contribution in [-0.2, 0) is 5.41 Å². The zero-order valence-electron chi connectivity index (χ0n) is 33.7. The first kappa shape index (κ1) is 35.8. The maximum Gasteiger partial charge on any atom is 0.160 e. The summed E-state index contributed by atoms with van der Waals surface area (Å²) < 4.78 is 6.67. The molecule has 11 aromatic rings. The zero-order valence-corrected chi connectivity index (χ0v) is 33.7. The summed E-state index contributed by atoms with van der Waals surface area (Å²) in [5.74, 6) is 0.653. The van der Waals surface area contributed by atoms with Crippen molar-refractivity contribution in [2.75, 3.05) is 0 Å². The first-order chi connectivity index (χ1) is 30.8. The zero-order chi connectivity index (χ0) is 41.0. The van der Waals surface area contributed by atoms with Gasteiger partial charge in [0.25, 0.3) is 0 Å². The molecule has 3 nitrogen and oxygen atoms in total. The van der Waals surface area contributed by atoms with Gasteiger partial charge in [0, 0.05) is 27.5 Å². The minimum absolute atomic E-state index is 0.637. The lowest BCUT2D eigenvalue weighted by atomic mass is 9.66. The average Bonchev–Trinajstić information content (AvgIpc) is 3.89. The Labute approximate surface area is 360 Å². The molecule has 9 aromatic carbocycles. The Kier molecular flexibility index (Phi) is 8.39. The Morgan fingerprint density at radius 2 is 0.839 bits per heavy atom. The van der Waals surface area contributed by atoms with Crippen LogP contribution in [0.5, 0.6) is 0 Å². The van der Waals surface area contributed by atoms with E-state index in [2.05, 4.69) is 218 Å². The minimum atomic E-state index is -0.637. The molecule has 0 atom stereocenters. The van der Waals surface area contributed by atoms with Gasteiger partial charge in [-0.2, -0.15) is 0 Å². The van der Waals surface area contributed by atoms with Gasteiger partial charge in [0.05, 0.1) is 16.8 Å². The van der Waals surface area contributed by atoms with E-state index in [0.717, 1.165) is 61.1 Å². The van der Waals surface area contributed by atoms with E-state index in [1.807, 2.05) is 12.1 Å². The van der Waals surface area contributed by atoms with Crippen molar-refractivity contribution in [1.82, 2.24) is 9.97 Å². The lowest BCUT2D eigenvalue weighted by Gasteiger charge is -2.35. The first-order valence-corrected chi connectivity index (χ1v) is 21.2. The number of aromatic nitrogens is 2. The van der Waals surface area contributed by atoms with Crippen LogP contribution in [0.25, 0.3) is 89.2 Å². The fourth-order valence-electron chi connectivity index (χ4n) is 9.91. The highest BCUT2D eigenvalue weighted by molar-refractivity contribution is 6.09. The van der Waals surface area contributed by atoms with E-state index in [1.165, 1.54) is 44.5 Å². The van der Waals surface area contributed by atoms with Gasteiger partial charge < -0.3 is 4.42 Å². The fourth-order valence-corrected chi connectivity index (χ4v) is 9.91. The van der Waals surface area contributed by atoms with Crippen LogP contribution in [0.3, 0.4) is 0 Å². The molecule has 0 unspecified atom stereocenters. The van der Waals surface area contributed by atoms with Gasteiger partial charge in [0.15, 0.2) is 5.82 Å². The Bertz CT molecular complexity index is 3400. The molecule has 0 saturated heterocycles. The molecule has 0 radical (unpaired) electrons. The Morgan fingerprint density at radius 1 is 0.339 bits per heavy atom. The monoisotopic (exact) mass is 790 g/mol. The molecule has 0 N–H and O–H groups in total. The summed E-state index contributed by atoms with van der Waals surface area (Å²) in [6.45, 7) is 0. The molecule has 0 fully saturated rings.